The molecule has 0 spiro atoms. The van der Waals surface area contributed by atoms with E-state index < -0.39 is 0 Å². The molecule has 0 aliphatic carbocycles. The van der Waals surface area contributed by atoms with Crippen molar-refractivity contribution in [2.75, 3.05) is 6.54 Å². The van der Waals surface area contributed by atoms with E-state index in [2.05, 4.69) is 37.2 Å². The second kappa shape index (κ2) is 4.73. The molecule has 1 aliphatic heterocycles. The molecule has 5 nitrogen and oxygen atoms in total. The van der Waals surface area contributed by atoms with E-state index in [1.54, 1.807) is 12.3 Å². The summed E-state index contributed by atoms with van der Waals surface area (Å²) in [5, 5.41) is 7.77. The Hall–Kier alpha value is -2.08. The Balaban J connectivity index is 1.73. The Morgan fingerprint density at radius 3 is 3.05 bits per heavy atom. The number of aromatic amines is 2. The van der Waals surface area contributed by atoms with Crippen molar-refractivity contribution in [3.8, 4) is 0 Å². The molecule has 2 aromatic heterocycles. The van der Waals surface area contributed by atoms with Crippen molar-refractivity contribution in [2.24, 2.45) is 0 Å². The Labute approximate surface area is 129 Å². The Bertz CT molecular complexity index is 822. The van der Waals surface area contributed by atoms with Gasteiger partial charge in [0.25, 0.3) is 5.91 Å². The number of nitrogens with zero attached hydrogens (tertiary/aromatic N) is 2. The predicted octanol–water partition coefficient (Wildman–Crippen LogP) is 2.85. The first kappa shape index (κ1) is 12.6. The van der Waals surface area contributed by atoms with Crippen molar-refractivity contribution in [2.45, 2.75) is 13.0 Å². The van der Waals surface area contributed by atoms with Crippen molar-refractivity contribution >= 4 is 32.7 Å². The smallest absolute Gasteiger partial charge is 0.272 e. The molecule has 0 atom stereocenters. The molecular formula is C15H13BrN4O. The van der Waals surface area contributed by atoms with Gasteiger partial charge in [-0.2, -0.15) is 5.10 Å². The Kier molecular flexibility index (Phi) is 2.85. The monoisotopic (exact) mass is 344 g/mol. The molecule has 4 rings (SSSR count). The van der Waals surface area contributed by atoms with Crippen LogP contribution < -0.4 is 0 Å². The lowest BCUT2D eigenvalue weighted by Crippen LogP contribution is -2.36. The summed E-state index contributed by atoms with van der Waals surface area (Å²) in [6.45, 7) is 1.35. The summed E-state index contributed by atoms with van der Waals surface area (Å²) in [4.78, 5) is 17.8. The van der Waals surface area contributed by atoms with E-state index in [9.17, 15) is 4.79 Å². The van der Waals surface area contributed by atoms with Gasteiger partial charge in [-0.15, -0.1) is 0 Å². The number of nitrogens with one attached hydrogen (secondary N) is 2. The van der Waals surface area contributed by atoms with Crippen molar-refractivity contribution in [1.29, 1.82) is 0 Å². The second-order valence-corrected chi connectivity index (χ2v) is 6.05. The zero-order chi connectivity index (χ0) is 14.4. The first-order chi connectivity index (χ1) is 10.2. The molecule has 0 unspecified atom stereocenters. The molecule has 21 heavy (non-hydrogen) atoms. The summed E-state index contributed by atoms with van der Waals surface area (Å²) in [5.74, 6) is 0.00231. The standard InChI is InChI=1S/C15H13BrN4O/c16-11-3-1-2-9-10-8-20(7-5-12(10)18-14(9)11)15(21)13-4-6-17-19-13/h1-4,6,18H,5,7-8H2,(H,17,19). The number of hydrogen-bond acceptors (Lipinski definition) is 2. The number of carbonyl (C=O) groups excluding carboxylic acids is 1. The van der Waals surface area contributed by atoms with Gasteiger partial charge in [0.15, 0.2) is 0 Å². The average Bonchev–Trinajstić information content (AvgIpc) is 3.14. The maximum absolute atomic E-state index is 12.4. The largest absolute Gasteiger partial charge is 0.357 e. The van der Waals surface area contributed by atoms with Crippen LogP contribution in [0.15, 0.2) is 34.9 Å². The highest BCUT2D eigenvalue weighted by Gasteiger charge is 2.25. The van der Waals surface area contributed by atoms with Crippen LogP contribution in [0, 0.1) is 0 Å². The Morgan fingerprint density at radius 1 is 1.33 bits per heavy atom. The molecule has 3 heterocycles. The molecule has 0 saturated carbocycles. The van der Waals surface area contributed by atoms with Gasteiger partial charge >= 0.3 is 0 Å². The third-order valence-corrected chi connectivity index (χ3v) is 4.64. The fourth-order valence-corrected chi connectivity index (χ4v) is 3.39. The molecule has 106 valence electrons. The van der Waals surface area contributed by atoms with Crippen LogP contribution in [-0.4, -0.2) is 32.5 Å². The number of H-pyrrole nitrogens is 2. The van der Waals surface area contributed by atoms with E-state index >= 15 is 0 Å². The number of halogens is 1. The minimum atomic E-state index is 0.00231. The van der Waals surface area contributed by atoms with Gasteiger partial charge < -0.3 is 9.88 Å². The summed E-state index contributed by atoms with van der Waals surface area (Å²) in [7, 11) is 0. The first-order valence-corrected chi connectivity index (χ1v) is 7.60. The molecule has 1 amide bonds. The number of amides is 1. The van der Waals surface area contributed by atoms with Gasteiger partial charge in [-0.1, -0.05) is 12.1 Å². The molecule has 1 aliphatic rings. The summed E-state index contributed by atoms with van der Waals surface area (Å²) in [6.07, 6.45) is 2.45. The molecule has 2 N–H and O–H groups in total. The minimum Gasteiger partial charge on any atom is -0.357 e. The van der Waals surface area contributed by atoms with Gasteiger partial charge in [0, 0.05) is 46.8 Å². The molecule has 3 aromatic rings. The number of benzene rings is 1. The van der Waals surface area contributed by atoms with Gasteiger partial charge in [0.2, 0.25) is 0 Å². The average molecular weight is 345 g/mol. The molecule has 0 fully saturated rings. The lowest BCUT2D eigenvalue weighted by atomic mass is 10.0. The maximum Gasteiger partial charge on any atom is 0.272 e. The lowest BCUT2D eigenvalue weighted by Gasteiger charge is -2.26. The number of carbonyl (C=O) groups is 1. The molecular weight excluding hydrogens is 332 g/mol. The fourth-order valence-electron chi connectivity index (χ4n) is 2.92. The molecule has 0 saturated heterocycles. The molecule has 1 aromatic carbocycles. The van der Waals surface area contributed by atoms with Gasteiger partial charge in [-0.25, -0.2) is 0 Å². The summed E-state index contributed by atoms with van der Waals surface area (Å²) in [6, 6.07) is 7.86. The lowest BCUT2D eigenvalue weighted by molar-refractivity contribution is 0.0729. The highest BCUT2D eigenvalue weighted by molar-refractivity contribution is 9.10. The summed E-state index contributed by atoms with van der Waals surface area (Å²) in [5.41, 5.74) is 4.09. The molecule has 6 heteroatoms. The Morgan fingerprint density at radius 2 is 2.24 bits per heavy atom. The number of aromatic nitrogens is 3. The van der Waals surface area contributed by atoms with Crippen LogP contribution >= 0.6 is 15.9 Å². The van der Waals surface area contributed by atoms with E-state index in [-0.39, 0.29) is 5.91 Å². The van der Waals surface area contributed by atoms with Gasteiger partial charge in [-0.3, -0.25) is 9.89 Å². The summed E-state index contributed by atoms with van der Waals surface area (Å²) >= 11 is 3.57. The number of para-hydroxylation sites is 1. The molecule has 0 bridgehead atoms. The number of rotatable bonds is 1. The molecule has 0 radical (unpaired) electrons. The van der Waals surface area contributed by atoms with Crippen molar-refractivity contribution in [1.82, 2.24) is 20.1 Å². The normalized spacial score (nSPS) is 14.4. The quantitative estimate of drug-likeness (QED) is 0.712. The zero-order valence-corrected chi connectivity index (χ0v) is 12.8. The van der Waals surface area contributed by atoms with Crippen LogP contribution in [0.25, 0.3) is 10.9 Å². The predicted molar refractivity (Wildman–Crippen MR) is 83.0 cm³/mol. The van der Waals surface area contributed by atoms with Crippen LogP contribution in [0.5, 0.6) is 0 Å². The van der Waals surface area contributed by atoms with Crippen LogP contribution in [0.4, 0.5) is 0 Å². The van der Waals surface area contributed by atoms with E-state index in [1.165, 1.54) is 16.6 Å². The van der Waals surface area contributed by atoms with E-state index in [1.807, 2.05) is 17.0 Å². The van der Waals surface area contributed by atoms with E-state index in [0.717, 1.165) is 23.0 Å². The van der Waals surface area contributed by atoms with Crippen LogP contribution in [0.2, 0.25) is 0 Å². The first-order valence-electron chi connectivity index (χ1n) is 6.80. The van der Waals surface area contributed by atoms with Crippen LogP contribution in [0.3, 0.4) is 0 Å². The third-order valence-electron chi connectivity index (χ3n) is 3.98. The van der Waals surface area contributed by atoms with E-state index in [0.29, 0.717) is 12.2 Å². The van der Waals surface area contributed by atoms with Gasteiger partial charge in [0.1, 0.15) is 5.69 Å². The van der Waals surface area contributed by atoms with Crippen molar-refractivity contribution in [3.05, 3.63) is 51.9 Å². The van der Waals surface area contributed by atoms with Crippen LogP contribution in [-0.2, 0) is 13.0 Å². The van der Waals surface area contributed by atoms with Crippen molar-refractivity contribution < 1.29 is 4.79 Å². The zero-order valence-electron chi connectivity index (χ0n) is 11.2. The number of hydrogen-bond donors (Lipinski definition) is 2. The topological polar surface area (TPSA) is 64.8 Å². The number of fused-ring (bicyclic) bond motifs is 3. The van der Waals surface area contributed by atoms with E-state index in [4.69, 9.17) is 0 Å². The highest BCUT2D eigenvalue weighted by Crippen LogP contribution is 2.32. The second-order valence-electron chi connectivity index (χ2n) is 5.19. The van der Waals surface area contributed by atoms with Crippen molar-refractivity contribution in [3.63, 3.8) is 0 Å². The van der Waals surface area contributed by atoms with Gasteiger partial charge in [-0.05, 0) is 28.1 Å². The van der Waals surface area contributed by atoms with Crippen LogP contribution in [0.1, 0.15) is 21.7 Å². The SMILES string of the molecule is O=C(c1ccn[nH]1)N1CCc2[nH]c3c(Br)cccc3c2C1. The highest BCUT2D eigenvalue weighted by atomic mass is 79.9. The fraction of sp³-hybridized carbons (Fsp3) is 0.200. The third kappa shape index (κ3) is 1.98. The maximum atomic E-state index is 12.4. The summed E-state index contributed by atoms with van der Waals surface area (Å²) < 4.78 is 1.06. The minimum absolute atomic E-state index is 0.00231. The van der Waals surface area contributed by atoms with Gasteiger partial charge in [0.05, 0.1) is 5.52 Å².